The Hall–Kier alpha value is -1.39. The third kappa shape index (κ3) is 2.45. The number of ether oxygens (including phenoxy) is 1. The van der Waals surface area contributed by atoms with Crippen LogP contribution in [0.25, 0.3) is 0 Å². The van der Waals surface area contributed by atoms with Gasteiger partial charge in [-0.05, 0) is 42.3 Å². The van der Waals surface area contributed by atoms with Gasteiger partial charge in [-0.3, -0.25) is 0 Å². The fourth-order valence-electron chi connectivity index (χ4n) is 2.57. The van der Waals surface area contributed by atoms with Crippen molar-refractivity contribution in [3.63, 3.8) is 0 Å². The first-order valence-corrected chi connectivity index (χ1v) is 7.34. The molecule has 2 aromatic carbocycles. The molecule has 0 saturated heterocycles. The molecular formula is C16H15BrFNO. The van der Waals surface area contributed by atoms with Crippen molar-refractivity contribution >= 4 is 15.9 Å². The molecule has 3 rings (SSSR count). The minimum Gasteiger partial charge on any atom is -0.490 e. The Bertz CT molecular complexity index is 659. The second kappa shape index (κ2) is 5.19. The molecule has 2 aromatic rings. The van der Waals surface area contributed by atoms with Gasteiger partial charge < -0.3 is 10.5 Å². The first kappa shape index (κ1) is 13.6. The van der Waals surface area contributed by atoms with Crippen molar-refractivity contribution in [2.24, 2.45) is 5.73 Å². The fraction of sp³-hybridized carbons (Fsp3) is 0.250. The lowest BCUT2D eigenvalue weighted by Crippen LogP contribution is -2.13. The van der Waals surface area contributed by atoms with Gasteiger partial charge in [-0.15, -0.1) is 0 Å². The van der Waals surface area contributed by atoms with Crippen LogP contribution in [0.1, 0.15) is 29.7 Å². The van der Waals surface area contributed by atoms with E-state index in [1.54, 1.807) is 12.1 Å². The van der Waals surface area contributed by atoms with Gasteiger partial charge >= 0.3 is 0 Å². The van der Waals surface area contributed by atoms with Crippen molar-refractivity contribution in [2.45, 2.75) is 25.5 Å². The Morgan fingerprint density at radius 3 is 2.90 bits per heavy atom. The Labute approximate surface area is 125 Å². The number of halogens is 2. The zero-order valence-electron chi connectivity index (χ0n) is 11.1. The SMILES string of the molecule is CC1Cc2cc(C(N)c3cc(Br)ccc3F)ccc2O1. The molecular weight excluding hydrogens is 321 g/mol. The maximum absolute atomic E-state index is 13.9. The van der Waals surface area contributed by atoms with Crippen LogP contribution in [0.4, 0.5) is 4.39 Å². The van der Waals surface area contributed by atoms with Gasteiger partial charge in [0.15, 0.2) is 0 Å². The highest BCUT2D eigenvalue weighted by Crippen LogP contribution is 2.33. The lowest BCUT2D eigenvalue weighted by atomic mass is 9.96. The van der Waals surface area contributed by atoms with E-state index < -0.39 is 6.04 Å². The number of fused-ring (bicyclic) bond motifs is 1. The smallest absolute Gasteiger partial charge is 0.128 e. The summed E-state index contributed by atoms with van der Waals surface area (Å²) in [6.07, 6.45) is 1.07. The van der Waals surface area contributed by atoms with Crippen LogP contribution in [0.3, 0.4) is 0 Å². The van der Waals surface area contributed by atoms with Gasteiger partial charge in [0.25, 0.3) is 0 Å². The standard InChI is InChI=1S/C16H15BrFNO/c1-9-6-11-7-10(2-5-15(11)20-9)16(19)13-8-12(17)3-4-14(13)18/h2-5,7-9,16H,6,19H2,1H3. The number of hydrogen-bond donors (Lipinski definition) is 1. The van der Waals surface area contributed by atoms with E-state index in [1.165, 1.54) is 6.07 Å². The predicted octanol–water partition coefficient (Wildman–Crippen LogP) is 3.96. The van der Waals surface area contributed by atoms with Crippen LogP contribution in [-0.2, 0) is 6.42 Å². The third-order valence-electron chi connectivity index (χ3n) is 3.57. The lowest BCUT2D eigenvalue weighted by molar-refractivity contribution is 0.254. The first-order valence-electron chi connectivity index (χ1n) is 6.54. The van der Waals surface area contributed by atoms with Gasteiger partial charge in [-0.25, -0.2) is 4.39 Å². The van der Waals surface area contributed by atoms with Crippen LogP contribution in [0, 0.1) is 5.82 Å². The highest BCUT2D eigenvalue weighted by molar-refractivity contribution is 9.10. The Balaban J connectivity index is 1.97. The molecule has 0 aliphatic carbocycles. The summed E-state index contributed by atoms with van der Waals surface area (Å²) >= 11 is 3.35. The van der Waals surface area contributed by atoms with E-state index in [9.17, 15) is 4.39 Å². The van der Waals surface area contributed by atoms with Crippen LogP contribution < -0.4 is 10.5 Å². The summed E-state index contributed by atoms with van der Waals surface area (Å²) in [4.78, 5) is 0. The lowest BCUT2D eigenvalue weighted by Gasteiger charge is -2.15. The second-order valence-corrected chi connectivity index (χ2v) is 6.06. The molecule has 1 aliphatic rings. The van der Waals surface area contributed by atoms with E-state index in [4.69, 9.17) is 10.5 Å². The summed E-state index contributed by atoms with van der Waals surface area (Å²) < 4.78 is 20.4. The monoisotopic (exact) mass is 335 g/mol. The summed E-state index contributed by atoms with van der Waals surface area (Å²) in [6.45, 7) is 2.04. The molecule has 0 spiro atoms. The van der Waals surface area contributed by atoms with E-state index in [1.807, 2.05) is 25.1 Å². The zero-order chi connectivity index (χ0) is 14.3. The Kier molecular flexibility index (Phi) is 3.52. The van der Waals surface area contributed by atoms with Crippen molar-refractivity contribution in [3.8, 4) is 5.75 Å². The predicted molar refractivity (Wildman–Crippen MR) is 80.4 cm³/mol. The molecule has 2 nitrogen and oxygen atoms in total. The van der Waals surface area contributed by atoms with Crippen molar-refractivity contribution in [1.82, 2.24) is 0 Å². The molecule has 104 valence electrons. The quantitative estimate of drug-likeness (QED) is 0.901. The first-order chi connectivity index (χ1) is 9.54. The summed E-state index contributed by atoms with van der Waals surface area (Å²) in [5.41, 5.74) is 8.75. The Morgan fingerprint density at radius 1 is 1.30 bits per heavy atom. The highest BCUT2D eigenvalue weighted by atomic mass is 79.9. The molecule has 0 bridgehead atoms. The average Bonchev–Trinajstić information content (AvgIpc) is 2.79. The largest absolute Gasteiger partial charge is 0.490 e. The summed E-state index contributed by atoms with van der Waals surface area (Å²) in [6, 6.07) is 10.2. The van der Waals surface area contributed by atoms with Crippen LogP contribution in [0.2, 0.25) is 0 Å². The molecule has 0 saturated carbocycles. The van der Waals surface area contributed by atoms with Crippen LogP contribution in [-0.4, -0.2) is 6.10 Å². The molecule has 4 heteroatoms. The zero-order valence-corrected chi connectivity index (χ0v) is 12.7. The highest BCUT2D eigenvalue weighted by Gasteiger charge is 2.21. The molecule has 0 radical (unpaired) electrons. The fourth-order valence-corrected chi connectivity index (χ4v) is 2.95. The summed E-state index contributed by atoms with van der Waals surface area (Å²) in [5, 5.41) is 0. The van der Waals surface area contributed by atoms with Crippen molar-refractivity contribution < 1.29 is 9.13 Å². The average molecular weight is 336 g/mol. The van der Waals surface area contributed by atoms with Gasteiger partial charge in [0.05, 0.1) is 6.04 Å². The number of benzene rings is 2. The topological polar surface area (TPSA) is 35.2 Å². The maximum atomic E-state index is 13.9. The van der Waals surface area contributed by atoms with Crippen LogP contribution in [0.5, 0.6) is 5.75 Å². The molecule has 0 aromatic heterocycles. The van der Waals surface area contributed by atoms with E-state index in [0.29, 0.717) is 5.56 Å². The Morgan fingerprint density at radius 2 is 2.10 bits per heavy atom. The summed E-state index contributed by atoms with van der Waals surface area (Å²) in [7, 11) is 0. The van der Waals surface area contributed by atoms with Crippen LogP contribution in [0.15, 0.2) is 40.9 Å². The number of hydrogen-bond acceptors (Lipinski definition) is 2. The molecule has 2 unspecified atom stereocenters. The van der Waals surface area contributed by atoms with Crippen molar-refractivity contribution in [1.29, 1.82) is 0 Å². The summed E-state index contributed by atoms with van der Waals surface area (Å²) in [5.74, 6) is 0.619. The second-order valence-electron chi connectivity index (χ2n) is 5.14. The van der Waals surface area contributed by atoms with E-state index in [-0.39, 0.29) is 11.9 Å². The number of nitrogens with two attached hydrogens (primary N) is 1. The minimum atomic E-state index is -0.478. The van der Waals surface area contributed by atoms with Gasteiger partial charge in [0.1, 0.15) is 17.7 Å². The number of rotatable bonds is 2. The maximum Gasteiger partial charge on any atom is 0.128 e. The molecule has 2 N–H and O–H groups in total. The van der Waals surface area contributed by atoms with Crippen molar-refractivity contribution in [3.05, 3.63) is 63.4 Å². The molecule has 20 heavy (non-hydrogen) atoms. The van der Waals surface area contributed by atoms with Crippen molar-refractivity contribution in [2.75, 3.05) is 0 Å². The van der Waals surface area contributed by atoms with Crippen LogP contribution >= 0.6 is 15.9 Å². The molecule has 2 atom stereocenters. The minimum absolute atomic E-state index is 0.194. The normalized spacial score (nSPS) is 18.5. The van der Waals surface area contributed by atoms with E-state index in [0.717, 1.165) is 27.8 Å². The van der Waals surface area contributed by atoms with E-state index in [2.05, 4.69) is 15.9 Å². The van der Waals surface area contributed by atoms with Gasteiger partial charge in [-0.1, -0.05) is 28.1 Å². The van der Waals surface area contributed by atoms with Gasteiger partial charge in [-0.2, -0.15) is 0 Å². The molecule has 1 aliphatic heterocycles. The molecule has 0 amide bonds. The molecule has 0 fully saturated rings. The third-order valence-corrected chi connectivity index (χ3v) is 4.07. The van der Waals surface area contributed by atoms with Gasteiger partial charge in [0.2, 0.25) is 0 Å². The molecule has 1 heterocycles. The van der Waals surface area contributed by atoms with E-state index >= 15 is 0 Å². The van der Waals surface area contributed by atoms with Gasteiger partial charge in [0, 0.05) is 16.5 Å².